The highest BCUT2D eigenvalue weighted by Gasteiger charge is 2.26. The number of hydrogen-bond donors (Lipinski definition) is 2. The van der Waals surface area contributed by atoms with Crippen LogP contribution in [0.2, 0.25) is 0 Å². The van der Waals surface area contributed by atoms with E-state index in [4.69, 9.17) is 0 Å². The molecule has 0 radical (unpaired) electrons. The van der Waals surface area contributed by atoms with Crippen molar-refractivity contribution in [2.75, 3.05) is 5.32 Å². The SMILES string of the molecule is CCC[C@H](NS(=O)(=O)c1ccc(NC(=O)c2ccccc2C)c2ccccc12)C(CC)CC. The van der Waals surface area contributed by atoms with Gasteiger partial charge in [0.2, 0.25) is 10.0 Å². The minimum Gasteiger partial charge on any atom is -0.321 e. The normalized spacial score (nSPS) is 12.8. The number of rotatable bonds is 10. The van der Waals surface area contributed by atoms with Gasteiger partial charge in [0.05, 0.1) is 4.90 Å². The fourth-order valence-corrected chi connectivity index (χ4v) is 6.00. The Hall–Kier alpha value is -2.70. The Bertz CT molecular complexity index is 1220. The highest BCUT2D eigenvalue weighted by Crippen LogP contribution is 2.31. The van der Waals surface area contributed by atoms with Gasteiger partial charge in [-0.15, -0.1) is 0 Å². The lowest BCUT2D eigenvalue weighted by atomic mass is 9.92. The van der Waals surface area contributed by atoms with E-state index in [0.29, 0.717) is 27.9 Å². The van der Waals surface area contributed by atoms with E-state index in [1.54, 1.807) is 24.3 Å². The fraction of sp³-hybridized carbons (Fsp3) is 0.370. The van der Waals surface area contributed by atoms with E-state index in [0.717, 1.165) is 31.2 Å². The van der Waals surface area contributed by atoms with Crippen molar-refractivity contribution in [3.05, 3.63) is 71.8 Å². The summed E-state index contributed by atoms with van der Waals surface area (Å²) in [6, 6.07) is 17.9. The largest absolute Gasteiger partial charge is 0.321 e. The lowest BCUT2D eigenvalue weighted by Gasteiger charge is -2.26. The summed E-state index contributed by atoms with van der Waals surface area (Å²) >= 11 is 0. The molecule has 2 N–H and O–H groups in total. The average molecular weight is 467 g/mol. The second kappa shape index (κ2) is 10.9. The predicted octanol–water partition coefficient (Wildman–Crippen LogP) is 6.28. The first-order chi connectivity index (χ1) is 15.8. The second-order valence-electron chi connectivity index (χ2n) is 8.52. The highest BCUT2D eigenvalue weighted by molar-refractivity contribution is 7.89. The van der Waals surface area contributed by atoms with Crippen LogP contribution in [0.3, 0.4) is 0 Å². The number of hydrogen-bond acceptors (Lipinski definition) is 3. The maximum Gasteiger partial charge on any atom is 0.255 e. The zero-order valence-electron chi connectivity index (χ0n) is 19.9. The molecule has 3 aromatic carbocycles. The molecular formula is C27H34N2O3S. The van der Waals surface area contributed by atoms with E-state index >= 15 is 0 Å². The van der Waals surface area contributed by atoms with E-state index in [1.807, 2.05) is 43.3 Å². The van der Waals surface area contributed by atoms with Crippen LogP contribution in [0.1, 0.15) is 62.4 Å². The predicted molar refractivity (Wildman–Crippen MR) is 136 cm³/mol. The Labute approximate surface area is 197 Å². The van der Waals surface area contributed by atoms with Crippen LogP contribution in [0.15, 0.2) is 65.6 Å². The number of amides is 1. The Balaban J connectivity index is 1.99. The van der Waals surface area contributed by atoms with Gasteiger partial charge in [-0.25, -0.2) is 13.1 Å². The Morgan fingerprint density at radius 1 is 0.879 bits per heavy atom. The third kappa shape index (κ3) is 5.63. The zero-order chi connectivity index (χ0) is 24.0. The summed E-state index contributed by atoms with van der Waals surface area (Å²) in [7, 11) is -3.74. The molecule has 0 heterocycles. The zero-order valence-corrected chi connectivity index (χ0v) is 20.7. The summed E-state index contributed by atoms with van der Waals surface area (Å²) in [5.41, 5.74) is 2.06. The lowest BCUT2D eigenvalue weighted by molar-refractivity contribution is 0.102. The van der Waals surface area contributed by atoms with Gasteiger partial charge in [-0.1, -0.05) is 82.5 Å². The Morgan fingerprint density at radius 3 is 2.15 bits per heavy atom. The molecule has 1 atom stereocenters. The summed E-state index contributed by atoms with van der Waals surface area (Å²) in [6.45, 7) is 8.17. The molecule has 3 rings (SSSR count). The van der Waals surface area contributed by atoms with E-state index in [2.05, 4.69) is 30.8 Å². The van der Waals surface area contributed by atoms with Crippen molar-refractivity contribution < 1.29 is 13.2 Å². The molecule has 0 aliphatic rings. The molecule has 0 saturated heterocycles. The van der Waals surface area contributed by atoms with E-state index < -0.39 is 10.0 Å². The molecule has 33 heavy (non-hydrogen) atoms. The van der Waals surface area contributed by atoms with Gasteiger partial charge in [-0.05, 0) is 43.0 Å². The molecule has 0 unspecified atom stereocenters. The molecule has 5 nitrogen and oxygen atoms in total. The molecule has 6 heteroatoms. The molecule has 1 amide bonds. The van der Waals surface area contributed by atoms with Crippen LogP contribution < -0.4 is 10.0 Å². The molecule has 0 saturated carbocycles. The van der Waals surface area contributed by atoms with Gasteiger partial charge < -0.3 is 5.32 Å². The molecule has 0 spiro atoms. The van der Waals surface area contributed by atoms with Crippen molar-refractivity contribution in [1.82, 2.24) is 4.72 Å². The molecule has 0 aromatic heterocycles. The van der Waals surface area contributed by atoms with Crippen molar-refractivity contribution in [1.29, 1.82) is 0 Å². The number of nitrogens with one attached hydrogen (secondary N) is 2. The van der Waals surface area contributed by atoms with Gasteiger partial charge in [-0.2, -0.15) is 0 Å². The van der Waals surface area contributed by atoms with Crippen molar-refractivity contribution in [3.63, 3.8) is 0 Å². The Kier molecular flexibility index (Phi) is 8.27. The monoisotopic (exact) mass is 466 g/mol. The van der Waals surface area contributed by atoms with Crippen LogP contribution in [0, 0.1) is 12.8 Å². The number of aryl methyl sites for hydroxylation is 1. The topological polar surface area (TPSA) is 75.3 Å². The second-order valence-corrected chi connectivity index (χ2v) is 10.2. The number of sulfonamides is 1. The highest BCUT2D eigenvalue weighted by atomic mass is 32.2. The maximum absolute atomic E-state index is 13.5. The van der Waals surface area contributed by atoms with E-state index in [9.17, 15) is 13.2 Å². The van der Waals surface area contributed by atoms with E-state index in [1.165, 1.54) is 0 Å². The van der Waals surface area contributed by atoms with Gasteiger partial charge in [0.15, 0.2) is 0 Å². The molecule has 3 aromatic rings. The summed E-state index contributed by atoms with van der Waals surface area (Å²) in [5.74, 6) is 0.0717. The summed E-state index contributed by atoms with van der Waals surface area (Å²) < 4.78 is 29.9. The number of carbonyl (C=O) groups excluding carboxylic acids is 1. The number of anilines is 1. The minimum atomic E-state index is -3.74. The van der Waals surface area contributed by atoms with Gasteiger partial charge in [0.25, 0.3) is 5.91 Å². The quantitative estimate of drug-likeness (QED) is 0.369. The summed E-state index contributed by atoms with van der Waals surface area (Å²) in [5, 5.41) is 4.25. The minimum absolute atomic E-state index is 0.103. The molecule has 0 fully saturated rings. The summed E-state index contributed by atoms with van der Waals surface area (Å²) in [6.07, 6.45) is 3.56. The van der Waals surface area contributed by atoms with Crippen LogP contribution in [0.25, 0.3) is 10.8 Å². The lowest BCUT2D eigenvalue weighted by Crippen LogP contribution is -2.40. The first-order valence-electron chi connectivity index (χ1n) is 11.7. The average Bonchev–Trinajstić information content (AvgIpc) is 2.80. The summed E-state index contributed by atoms with van der Waals surface area (Å²) in [4.78, 5) is 13.1. The van der Waals surface area contributed by atoms with Gasteiger partial charge in [-0.3, -0.25) is 4.79 Å². The van der Waals surface area contributed by atoms with Gasteiger partial charge >= 0.3 is 0 Å². The third-order valence-electron chi connectivity index (χ3n) is 6.34. The maximum atomic E-state index is 13.5. The first kappa shape index (κ1) is 24.9. The van der Waals surface area contributed by atoms with Gasteiger partial charge in [0, 0.05) is 28.1 Å². The van der Waals surface area contributed by atoms with Crippen LogP contribution in [0.5, 0.6) is 0 Å². The van der Waals surface area contributed by atoms with Crippen molar-refractivity contribution >= 4 is 32.4 Å². The molecule has 176 valence electrons. The van der Waals surface area contributed by atoms with Crippen LogP contribution in [-0.2, 0) is 10.0 Å². The fourth-order valence-electron chi connectivity index (χ4n) is 4.45. The third-order valence-corrected chi connectivity index (χ3v) is 7.88. The van der Waals surface area contributed by atoms with Crippen molar-refractivity contribution in [3.8, 4) is 0 Å². The van der Waals surface area contributed by atoms with E-state index in [-0.39, 0.29) is 16.8 Å². The first-order valence-corrected chi connectivity index (χ1v) is 13.2. The standard InChI is InChI=1S/C27H34N2O3S/c1-5-12-24(20(6-2)7-3)29-33(31,32)26-18-17-25(22-15-10-11-16-23(22)26)28-27(30)21-14-9-8-13-19(21)4/h8-11,13-18,20,24,29H,5-7,12H2,1-4H3,(H,28,30)/t24-/m0/s1. The molecule has 0 bridgehead atoms. The van der Waals surface area contributed by atoms with Crippen LogP contribution in [0.4, 0.5) is 5.69 Å². The Morgan fingerprint density at radius 2 is 1.52 bits per heavy atom. The van der Waals surface area contributed by atoms with Gasteiger partial charge in [0.1, 0.15) is 0 Å². The molecule has 0 aliphatic carbocycles. The van der Waals surface area contributed by atoms with Crippen LogP contribution >= 0.6 is 0 Å². The smallest absolute Gasteiger partial charge is 0.255 e. The number of fused-ring (bicyclic) bond motifs is 1. The number of carbonyl (C=O) groups is 1. The molecule has 0 aliphatic heterocycles. The molecular weight excluding hydrogens is 432 g/mol. The van der Waals surface area contributed by atoms with Crippen molar-refractivity contribution in [2.24, 2.45) is 5.92 Å². The van der Waals surface area contributed by atoms with Crippen molar-refractivity contribution in [2.45, 2.75) is 64.3 Å². The number of benzene rings is 3. The van der Waals surface area contributed by atoms with Crippen LogP contribution in [-0.4, -0.2) is 20.4 Å².